The zero-order chi connectivity index (χ0) is 13.9. The lowest BCUT2D eigenvalue weighted by Gasteiger charge is -2.21. The highest BCUT2D eigenvalue weighted by Gasteiger charge is 2.36. The maximum atomic E-state index is 11.4. The van der Waals surface area contributed by atoms with E-state index in [1.807, 2.05) is 25.1 Å². The fourth-order valence-corrected chi connectivity index (χ4v) is 4.22. The third-order valence-electron chi connectivity index (χ3n) is 3.53. The number of sulfone groups is 1. The van der Waals surface area contributed by atoms with Crippen LogP contribution in [-0.4, -0.2) is 43.2 Å². The third kappa shape index (κ3) is 4.30. The fourth-order valence-electron chi connectivity index (χ4n) is 2.46. The van der Waals surface area contributed by atoms with Gasteiger partial charge in [-0.25, -0.2) is 8.42 Å². The van der Waals surface area contributed by atoms with E-state index in [4.69, 9.17) is 0 Å². The Balaban J connectivity index is 1.80. The molecule has 1 fully saturated rings. The predicted octanol–water partition coefficient (Wildman–Crippen LogP) is 0.755. The SMILES string of the molecule is C[C@H](CCc1ccccc1)N[C@@H]1CS(=O)(=O)C[C@H]1O. The Labute approximate surface area is 114 Å². The molecule has 1 aromatic carbocycles. The van der Waals surface area contributed by atoms with Crippen molar-refractivity contribution in [2.75, 3.05) is 11.5 Å². The number of aliphatic hydroxyl groups excluding tert-OH is 1. The molecule has 5 heteroatoms. The molecule has 0 saturated carbocycles. The van der Waals surface area contributed by atoms with Crippen molar-refractivity contribution in [1.29, 1.82) is 0 Å². The van der Waals surface area contributed by atoms with Gasteiger partial charge in [-0.05, 0) is 25.3 Å². The zero-order valence-electron chi connectivity index (χ0n) is 11.1. The molecule has 19 heavy (non-hydrogen) atoms. The van der Waals surface area contributed by atoms with Gasteiger partial charge in [0.1, 0.15) is 0 Å². The van der Waals surface area contributed by atoms with Crippen LogP contribution < -0.4 is 5.32 Å². The molecular formula is C14H21NO3S. The summed E-state index contributed by atoms with van der Waals surface area (Å²) in [5, 5.41) is 12.9. The van der Waals surface area contributed by atoms with Gasteiger partial charge in [-0.15, -0.1) is 0 Å². The van der Waals surface area contributed by atoms with Crippen LogP contribution in [0.4, 0.5) is 0 Å². The van der Waals surface area contributed by atoms with Gasteiger partial charge >= 0.3 is 0 Å². The molecule has 1 aliphatic rings. The van der Waals surface area contributed by atoms with Crippen LogP contribution in [0, 0.1) is 0 Å². The van der Waals surface area contributed by atoms with E-state index in [9.17, 15) is 13.5 Å². The summed E-state index contributed by atoms with van der Waals surface area (Å²) in [6.07, 6.45) is 1.10. The van der Waals surface area contributed by atoms with Gasteiger partial charge in [0, 0.05) is 12.1 Å². The number of aliphatic hydroxyl groups is 1. The van der Waals surface area contributed by atoms with Gasteiger partial charge in [0.25, 0.3) is 0 Å². The normalized spacial score (nSPS) is 27.3. The molecule has 0 radical (unpaired) electrons. The molecule has 1 saturated heterocycles. The smallest absolute Gasteiger partial charge is 0.154 e. The van der Waals surface area contributed by atoms with Crippen LogP contribution in [0.1, 0.15) is 18.9 Å². The van der Waals surface area contributed by atoms with E-state index in [1.54, 1.807) is 0 Å². The number of hydrogen-bond acceptors (Lipinski definition) is 4. The molecule has 0 amide bonds. The summed E-state index contributed by atoms with van der Waals surface area (Å²) in [6.45, 7) is 2.03. The van der Waals surface area contributed by atoms with E-state index < -0.39 is 15.9 Å². The van der Waals surface area contributed by atoms with E-state index in [1.165, 1.54) is 5.56 Å². The summed E-state index contributed by atoms with van der Waals surface area (Å²) < 4.78 is 22.8. The van der Waals surface area contributed by atoms with Gasteiger partial charge in [0.05, 0.1) is 17.6 Å². The average molecular weight is 283 g/mol. The van der Waals surface area contributed by atoms with E-state index in [-0.39, 0.29) is 23.6 Å². The van der Waals surface area contributed by atoms with E-state index in [0.717, 1.165) is 12.8 Å². The maximum absolute atomic E-state index is 11.4. The molecule has 0 spiro atoms. The van der Waals surface area contributed by atoms with Crippen molar-refractivity contribution in [2.45, 2.75) is 38.0 Å². The lowest BCUT2D eigenvalue weighted by atomic mass is 10.1. The molecule has 2 rings (SSSR count). The molecule has 1 aliphatic heterocycles. The molecule has 0 unspecified atom stereocenters. The van der Waals surface area contributed by atoms with Crippen LogP contribution in [-0.2, 0) is 16.3 Å². The third-order valence-corrected chi connectivity index (χ3v) is 5.25. The largest absolute Gasteiger partial charge is 0.390 e. The minimum atomic E-state index is -3.07. The number of rotatable bonds is 5. The minimum absolute atomic E-state index is 0.0455. The van der Waals surface area contributed by atoms with Crippen LogP contribution in [0.15, 0.2) is 30.3 Å². The Morgan fingerprint density at radius 1 is 1.32 bits per heavy atom. The Bertz CT molecular complexity index is 501. The average Bonchev–Trinajstić information content (AvgIpc) is 2.61. The molecule has 4 nitrogen and oxygen atoms in total. The van der Waals surface area contributed by atoms with E-state index in [0.29, 0.717) is 0 Å². The summed E-state index contributed by atoms with van der Waals surface area (Å²) in [7, 11) is -3.07. The van der Waals surface area contributed by atoms with Crippen molar-refractivity contribution in [3.05, 3.63) is 35.9 Å². The number of benzene rings is 1. The van der Waals surface area contributed by atoms with Crippen molar-refractivity contribution in [3.8, 4) is 0 Å². The first kappa shape index (κ1) is 14.5. The lowest BCUT2D eigenvalue weighted by molar-refractivity contribution is 0.159. The van der Waals surface area contributed by atoms with Gasteiger partial charge in [0.15, 0.2) is 9.84 Å². The predicted molar refractivity (Wildman–Crippen MR) is 75.8 cm³/mol. The Hall–Kier alpha value is -0.910. The highest BCUT2D eigenvalue weighted by atomic mass is 32.2. The van der Waals surface area contributed by atoms with E-state index >= 15 is 0 Å². The summed E-state index contributed by atoms with van der Waals surface area (Å²) in [6, 6.07) is 10.1. The summed E-state index contributed by atoms with van der Waals surface area (Å²) in [5.41, 5.74) is 1.27. The van der Waals surface area contributed by atoms with Crippen molar-refractivity contribution < 1.29 is 13.5 Å². The number of nitrogens with one attached hydrogen (secondary N) is 1. The van der Waals surface area contributed by atoms with Gasteiger partial charge < -0.3 is 10.4 Å². The monoisotopic (exact) mass is 283 g/mol. The van der Waals surface area contributed by atoms with Crippen molar-refractivity contribution in [1.82, 2.24) is 5.32 Å². The molecule has 1 aromatic rings. The van der Waals surface area contributed by atoms with Crippen LogP contribution in [0.5, 0.6) is 0 Å². The summed E-state index contributed by atoms with van der Waals surface area (Å²) in [4.78, 5) is 0. The second-order valence-corrected chi connectivity index (χ2v) is 7.50. The second kappa shape index (κ2) is 6.03. The number of hydrogen-bond donors (Lipinski definition) is 2. The van der Waals surface area contributed by atoms with Gasteiger partial charge in [-0.3, -0.25) is 0 Å². The van der Waals surface area contributed by atoms with E-state index in [2.05, 4.69) is 17.4 Å². The van der Waals surface area contributed by atoms with Gasteiger partial charge in [-0.2, -0.15) is 0 Å². The second-order valence-electron chi connectivity index (χ2n) is 5.34. The van der Waals surface area contributed by atoms with Crippen molar-refractivity contribution in [2.24, 2.45) is 0 Å². The molecule has 1 heterocycles. The summed E-state index contributed by atoms with van der Waals surface area (Å²) >= 11 is 0. The maximum Gasteiger partial charge on any atom is 0.154 e. The van der Waals surface area contributed by atoms with Crippen LogP contribution in [0.2, 0.25) is 0 Å². The Morgan fingerprint density at radius 3 is 2.58 bits per heavy atom. The minimum Gasteiger partial charge on any atom is -0.390 e. The molecule has 106 valence electrons. The Morgan fingerprint density at radius 2 is 2.00 bits per heavy atom. The van der Waals surface area contributed by atoms with Gasteiger partial charge in [0.2, 0.25) is 0 Å². The molecule has 2 N–H and O–H groups in total. The first-order chi connectivity index (χ1) is 8.96. The molecule has 0 aliphatic carbocycles. The summed E-state index contributed by atoms with van der Waals surface area (Å²) in [5.74, 6) is -0.0695. The van der Waals surface area contributed by atoms with Gasteiger partial charge in [-0.1, -0.05) is 30.3 Å². The first-order valence-corrected chi connectivity index (χ1v) is 8.47. The zero-order valence-corrected chi connectivity index (χ0v) is 11.9. The molecule has 0 aromatic heterocycles. The van der Waals surface area contributed by atoms with Crippen molar-refractivity contribution in [3.63, 3.8) is 0 Å². The first-order valence-electron chi connectivity index (χ1n) is 6.65. The Kier molecular flexibility index (Phi) is 4.60. The molecule has 3 atom stereocenters. The highest BCUT2D eigenvalue weighted by molar-refractivity contribution is 7.91. The lowest BCUT2D eigenvalue weighted by Crippen LogP contribution is -2.44. The highest BCUT2D eigenvalue weighted by Crippen LogP contribution is 2.14. The topological polar surface area (TPSA) is 66.4 Å². The van der Waals surface area contributed by atoms with Crippen molar-refractivity contribution >= 4 is 9.84 Å². The number of aryl methyl sites for hydroxylation is 1. The van der Waals surface area contributed by atoms with Crippen LogP contribution in [0.3, 0.4) is 0 Å². The molecular weight excluding hydrogens is 262 g/mol. The molecule has 0 bridgehead atoms. The fraction of sp³-hybridized carbons (Fsp3) is 0.571. The quantitative estimate of drug-likeness (QED) is 0.837. The van der Waals surface area contributed by atoms with Crippen LogP contribution in [0.25, 0.3) is 0 Å². The standard InChI is InChI=1S/C14H21NO3S/c1-11(7-8-12-5-3-2-4-6-12)15-13-9-19(17,18)10-14(13)16/h2-6,11,13-16H,7-10H2,1H3/t11-,13-,14-/m1/s1. The van der Waals surface area contributed by atoms with Crippen LogP contribution >= 0.6 is 0 Å².